The number of aromatic nitrogens is 1. The van der Waals surface area contributed by atoms with Crippen LogP contribution in [0, 0.1) is 0 Å². The Balaban J connectivity index is 1.85. The highest BCUT2D eigenvalue weighted by Gasteiger charge is 2.11. The molecule has 0 fully saturated rings. The summed E-state index contributed by atoms with van der Waals surface area (Å²) >= 11 is 0. The maximum atomic E-state index is 11.0. The Bertz CT molecular complexity index is 704. The molecule has 4 heteroatoms. The van der Waals surface area contributed by atoms with Crippen LogP contribution < -0.4 is 11.2 Å². The van der Waals surface area contributed by atoms with Gasteiger partial charge >= 0.3 is 0 Å². The lowest BCUT2D eigenvalue weighted by molar-refractivity contribution is 0.455. The third-order valence-electron chi connectivity index (χ3n) is 3.08. The number of nitrogens with two attached hydrogens (primary N) is 1. The molecule has 1 unspecified atom stereocenters. The Hall–Kier alpha value is -2.33. The second-order valence-electron chi connectivity index (χ2n) is 4.52. The van der Waals surface area contributed by atoms with E-state index in [0.717, 1.165) is 16.7 Å². The van der Waals surface area contributed by atoms with Crippen molar-refractivity contribution in [2.24, 2.45) is 5.73 Å². The van der Waals surface area contributed by atoms with Crippen LogP contribution in [0.3, 0.4) is 0 Å². The van der Waals surface area contributed by atoms with Gasteiger partial charge < -0.3 is 14.7 Å². The lowest BCUT2D eigenvalue weighted by Crippen LogP contribution is -2.17. The van der Waals surface area contributed by atoms with E-state index in [2.05, 4.69) is 0 Å². The second-order valence-corrected chi connectivity index (χ2v) is 4.52. The molecule has 2 heterocycles. The molecule has 0 saturated heterocycles. The molecule has 0 amide bonds. The number of furan rings is 1. The number of rotatable bonds is 3. The lowest BCUT2D eigenvalue weighted by Gasteiger charge is -2.11. The van der Waals surface area contributed by atoms with Crippen molar-refractivity contribution in [3.05, 3.63) is 70.8 Å². The molecule has 0 spiro atoms. The van der Waals surface area contributed by atoms with Gasteiger partial charge in [-0.2, -0.15) is 0 Å². The summed E-state index contributed by atoms with van der Waals surface area (Å²) in [5.74, 6) is 0.750. The largest absolute Gasteiger partial charge is 0.459 e. The summed E-state index contributed by atoms with van der Waals surface area (Å²) in [5, 5.41) is 1.05. The topological polar surface area (TPSA) is 61.2 Å². The van der Waals surface area contributed by atoms with E-state index < -0.39 is 0 Å². The molecule has 2 aromatic heterocycles. The first-order valence-electron chi connectivity index (χ1n) is 6.12. The molecule has 1 atom stereocenters. The van der Waals surface area contributed by atoms with Crippen LogP contribution in [-0.4, -0.2) is 4.57 Å². The van der Waals surface area contributed by atoms with Gasteiger partial charge in [0.25, 0.3) is 0 Å². The number of hydrogen-bond acceptors (Lipinski definition) is 3. The van der Waals surface area contributed by atoms with Gasteiger partial charge in [-0.15, -0.1) is 0 Å². The molecule has 0 aliphatic rings. The Kier molecular flexibility index (Phi) is 2.93. The highest BCUT2D eigenvalue weighted by Crippen LogP contribution is 2.23. The first-order chi connectivity index (χ1) is 9.22. The predicted molar refractivity (Wildman–Crippen MR) is 73.8 cm³/mol. The minimum absolute atomic E-state index is 0.00596. The van der Waals surface area contributed by atoms with Crippen molar-refractivity contribution in [3.8, 4) is 0 Å². The Morgan fingerprint density at radius 3 is 2.63 bits per heavy atom. The summed E-state index contributed by atoms with van der Waals surface area (Å²) in [6, 6.07) is 12.6. The third kappa shape index (κ3) is 2.44. The van der Waals surface area contributed by atoms with Crippen molar-refractivity contribution in [1.82, 2.24) is 4.57 Å². The standard InChI is InChI=1S/C15H14N2O2/c16-13(10-17-7-5-12(18)6-8-17)15-9-11-3-1-2-4-14(11)19-15/h1-9,13H,10,16H2. The third-order valence-corrected chi connectivity index (χ3v) is 3.08. The molecule has 4 nitrogen and oxygen atoms in total. The van der Waals surface area contributed by atoms with Crippen molar-refractivity contribution in [1.29, 1.82) is 0 Å². The fourth-order valence-electron chi connectivity index (χ4n) is 2.07. The van der Waals surface area contributed by atoms with Gasteiger partial charge in [0, 0.05) is 36.5 Å². The zero-order valence-corrected chi connectivity index (χ0v) is 10.3. The van der Waals surface area contributed by atoms with Gasteiger partial charge in [-0.3, -0.25) is 4.79 Å². The average Bonchev–Trinajstić information content (AvgIpc) is 2.85. The van der Waals surface area contributed by atoms with Crippen LogP contribution >= 0.6 is 0 Å². The summed E-state index contributed by atoms with van der Waals surface area (Å²) in [6.45, 7) is 0.570. The lowest BCUT2D eigenvalue weighted by atomic mass is 10.2. The first-order valence-corrected chi connectivity index (χ1v) is 6.12. The number of hydrogen-bond donors (Lipinski definition) is 1. The number of benzene rings is 1. The Morgan fingerprint density at radius 2 is 1.89 bits per heavy atom. The molecule has 3 rings (SSSR count). The zero-order chi connectivity index (χ0) is 13.2. The van der Waals surface area contributed by atoms with E-state index in [1.807, 2.05) is 34.9 Å². The van der Waals surface area contributed by atoms with Crippen LogP contribution in [-0.2, 0) is 6.54 Å². The van der Waals surface area contributed by atoms with E-state index in [1.54, 1.807) is 12.4 Å². The monoisotopic (exact) mass is 254 g/mol. The van der Waals surface area contributed by atoms with Crippen LogP contribution in [0.1, 0.15) is 11.8 Å². The number of pyridine rings is 1. The highest BCUT2D eigenvalue weighted by molar-refractivity contribution is 5.77. The summed E-state index contributed by atoms with van der Waals surface area (Å²) in [4.78, 5) is 11.0. The van der Waals surface area contributed by atoms with Gasteiger partial charge in [0.2, 0.25) is 0 Å². The van der Waals surface area contributed by atoms with Crippen LogP contribution in [0.15, 0.2) is 64.1 Å². The fraction of sp³-hybridized carbons (Fsp3) is 0.133. The number of nitrogens with zero attached hydrogens (tertiary/aromatic N) is 1. The maximum Gasteiger partial charge on any atom is 0.181 e. The van der Waals surface area contributed by atoms with Crippen molar-refractivity contribution < 1.29 is 4.42 Å². The summed E-state index contributed by atoms with van der Waals surface area (Å²) < 4.78 is 7.60. The van der Waals surface area contributed by atoms with Crippen molar-refractivity contribution in [3.63, 3.8) is 0 Å². The van der Waals surface area contributed by atoms with Gasteiger partial charge in [-0.05, 0) is 12.1 Å². The minimum Gasteiger partial charge on any atom is -0.459 e. The molecule has 0 bridgehead atoms. The van der Waals surface area contributed by atoms with Crippen molar-refractivity contribution in [2.45, 2.75) is 12.6 Å². The van der Waals surface area contributed by atoms with E-state index in [9.17, 15) is 4.79 Å². The first kappa shape index (κ1) is 11.7. The van der Waals surface area contributed by atoms with Crippen molar-refractivity contribution in [2.75, 3.05) is 0 Å². The molecular weight excluding hydrogens is 240 g/mol. The second kappa shape index (κ2) is 4.74. The van der Waals surface area contributed by atoms with Gasteiger partial charge in [0.05, 0.1) is 6.04 Å². The van der Waals surface area contributed by atoms with E-state index in [1.165, 1.54) is 12.1 Å². The van der Waals surface area contributed by atoms with Crippen LogP contribution in [0.2, 0.25) is 0 Å². The number of para-hydroxylation sites is 1. The van der Waals surface area contributed by atoms with E-state index >= 15 is 0 Å². The summed E-state index contributed by atoms with van der Waals surface area (Å²) in [6.07, 6.45) is 3.45. The SMILES string of the molecule is NC(Cn1ccc(=O)cc1)c1cc2ccccc2o1. The Labute approximate surface area is 110 Å². The maximum absolute atomic E-state index is 11.0. The highest BCUT2D eigenvalue weighted by atomic mass is 16.3. The molecule has 0 aliphatic heterocycles. The number of fused-ring (bicyclic) bond motifs is 1. The molecule has 96 valence electrons. The van der Waals surface area contributed by atoms with Crippen LogP contribution in [0.25, 0.3) is 11.0 Å². The molecule has 3 aromatic rings. The zero-order valence-electron chi connectivity index (χ0n) is 10.3. The van der Waals surface area contributed by atoms with Gasteiger partial charge in [0.1, 0.15) is 11.3 Å². The van der Waals surface area contributed by atoms with E-state index in [4.69, 9.17) is 10.2 Å². The van der Waals surface area contributed by atoms with E-state index in [-0.39, 0.29) is 11.5 Å². The molecule has 0 saturated carbocycles. The average molecular weight is 254 g/mol. The van der Waals surface area contributed by atoms with Gasteiger partial charge in [0.15, 0.2) is 5.43 Å². The van der Waals surface area contributed by atoms with Gasteiger partial charge in [-0.25, -0.2) is 0 Å². The smallest absolute Gasteiger partial charge is 0.181 e. The summed E-state index contributed by atoms with van der Waals surface area (Å²) in [7, 11) is 0. The molecule has 1 aromatic carbocycles. The summed E-state index contributed by atoms with van der Waals surface area (Å²) in [5.41, 5.74) is 6.97. The molecule has 0 radical (unpaired) electrons. The predicted octanol–water partition coefficient (Wildman–Crippen LogP) is 2.29. The molecule has 19 heavy (non-hydrogen) atoms. The van der Waals surface area contributed by atoms with Crippen LogP contribution in [0.4, 0.5) is 0 Å². The normalized spacial score (nSPS) is 12.7. The van der Waals surface area contributed by atoms with Crippen molar-refractivity contribution >= 4 is 11.0 Å². The van der Waals surface area contributed by atoms with Gasteiger partial charge in [-0.1, -0.05) is 18.2 Å². The molecule has 2 N–H and O–H groups in total. The quantitative estimate of drug-likeness (QED) is 0.780. The van der Waals surface area contributed by atoms with Crippen LogP contribution in [0.5, 0.6) is 0 Å². The fourth-order valence-corrected chi connectivity index (χ4v) is 2.07. The Morgan fingerprint density at radius 1 is 1.16 bits per heavy atom. The minimum atomic E-state index is -0.241. The molecule has 0 aliphatic carbocycles. The van der Waals surface area contributed by atoms with E-state index in [0.29, 0.717) is 6.54 Å². The molecular formula is C15H14N2O2.